The molecule has 0 aliphatic heterocycles. The van der Waals surface area contributed by atoms with Gasteiger partial charge in [0, 0.05) is 6.54 Å². The third-order valence-electron chi connectivity index (χ3n) is 3.80. The van der Waals surface area contributed by atoms with E-state index < -0.39 is 0 Å². The zero-order valence-electron chi connectivity index (χ0n) is 11.5. The maximum Gasteiger partial charge on any atom is 0.0210 e. The van der Waals surface area contributed by atoms with Crippen molar-refractivity contribution in [3.63, 3.8) is 0 Å². The molecule has 1 aromatic carbocycles. The number of hydrogen-bond donors (Lipinski definition) is 1. The summed E-state index contributed by atoms with van der Waals surface area (Å²) in [4.78, 5) is 0. The quantitative estimate of drug-likeness (QED) is 0.732. The maximum atomic E-state index is 3.59. The van der Waals surface area contributed by atoms with Gasteiger partial charge in [0.25, 0.3) is 0 Å². The van der Waals surface area contributed by atoms with Gasteiger partial charge in [-0.25, -0.2) is 0 Å². The largest absolute Gasteiger partial charge is 0.313 e. The second kappa shape index (κ2) is 5.68. The zero-order chi connectivity index (χ0) is 12.3. The second-order valence-corrected chi connectivity index (χ2v) is 5.64. The van der Waals surface area contributed by atoms with Gasteiger partial charge in [0.1, 0.15) is 0 Å². The summed E-state index contributed by atoms with van der Waals surface area (Å²) >= 11 is 0. The third-order valence-corrected chi connectivity index (χ3v) is 3.80. The molecule has 0 radical (unpaired) electrons. The lowest BCUT2D eigenvalue weighted by Crippen LogP contribution is -2.16. The second-order valence-electron chi connectivity index (χ2n) is 5.64. The van der Waals surface area contributed by atoms with Crippen molar-refractivity contribution >= 4 is 0 Å². The smallest absolute Gasteiger partial charge is 0.0210 e. The fraction of sp³-hybridized carbons (Fsp3) is 0.625. The summed E-state index contributed by atoms with van der Waals surface area (Å²) in [6, 6.07) is 4.57. The Morgan fingerprint density at radius 3 is 2.35 bits per heavy atom. The predicted molar refractivity (Wildman–Crippen MR) is 74.3 cm³/mol. The van der Waals surface area contributed by atoms with E-state index in [0.717, 1.165) is 12.5 Å². The normalized spacial score (nSPS) is 15.2. The average molecular weight is 231 g/mol. The van der Waals surface area contributed by atoms with Crippen LogP contribution in [-0.4, -0.2) is 6.54 Å². The molecule has 0 atom stereocenters. The molecule has 1 nitrogen and oxygen atoms in total. The molecular formula is C16H25N. The summed E-state index contributed by atoms with van der Waals surface area (Å²) in [5.74, 6) is 1.07. The lowest BCUT2D eigenvalue weighted by Gasteiger charge is -2.12. The summed E-state index contributed by atoms with van der Waals surface area (Å²) in [6.45, 7) is 8.82. The SMILES string of the molecule is Cc1cc(C)c(CNCCCC2CC2)c(C)c1. The molecule has 94 valence electrons. The minimum absolute atomic E-state index is 1.03. The molecule has 1 aromatic rings. The minimum atomic E-state index is 1.03. The molecule has 1 saturated carbocycles. The number of hydrogen-bond acceptors (Lipinski definition) is 1. The number of nitrogens with one attached hydrogen (secondary N) is 1. The Hall–Kier alpha value is -0.820. The molecule has 0 spiro atoms. The first-order valence-electron chi connectivity index (χ1n) is 6.94. The molecule has 1 N–H and O–H groups in total. The molecule has 2 rings (SSSR count). The molecule has 1 aliphatic carbocycles. The molecule has 0 unspecified atom stereocenters. The highest BCUT2D eigenvalue weighted by Crippen LogP contribution is 2.33. The Balaban J connectivity index is 1.77. The van der Waals surface area contributed by atoms with Crippen molar-refractivity contribution in [1.82, 2.24) is 5.32 Å². The Morgan fingerprint density at radius 2 is 1.76 bits per heavy atom. The van der Waals surface area contributed by atoms with E-state index in [9.17, 15) is 0 Å². The standard InChI is InChI=1S/C16H25N/c1-12-9-13(2)16(14(3)10-12)11-17-8-4-5-15-6-7-15/h9-10,15,17H,4-8,11H2,1-3H3. The molecule has 0 heterocycles. The first-order valence-corrected chi connectivity index (χ1v) is 6.94. The van der Waals surface area contributed by atoms with Crippen LogP contribution in [0, 0.1) is 26.7 Å². The Kier molecular flexibility index (Phi) is 4.22. The molecule has 1 aliphatic rings. The number of benzene rings is 1. The van der Waals surface area contributed by atoms with Gasteiger partial charge >= 0.3 is 0 Å². The molecule has 1 fully saturated rings. The van der Waals surface area contributed by atoms with Gasteiger partial charge < -0.3 is 5.32 Å². The van der Waals surface area contributed by atoms with Crippen LogP contribution < -0.4 is 5.32 Å². The molecule has 0 bridgehead atoms. The highest BCUT2D eigenvalue weighted by Gasteiger charge is 2.19. The Labute approximate surface area is 106 Å². The van der Waals surface area contributed by atoms with Crippen LogP contribution >= 0.6 is 0 Å². The van der Waals surface area contributed by atoms with E-state index in [2.05, 4.69) is 38.2 Å². The third kappa shape index (κ3) is 3.85. The summed E-state index contributed by atoms with van der Waals surface area (Å²) in [6.07, 6.45) is 5.74. The van der Waals surface area contributed by atoms with Gasteiger partial charge in [-0.05, 0) is 62.8 Å². The summed E-state index contributed by atoms with van der Waals surface area (Å²) in [5, 5.41) is 3.59. The van der Waals surface area contributed by atoms with Crippen molar-refractivity contribution < 1.29 is 0 Å². The van der Waals surface area contributed by atoms with Crippen LogP contribution in [-0.2, 0) is 6.54 Å². The Morgan fingerprint density at radius 1 is 1.12 bits per heavy atom. The Bertz CT molecular complexity index is 354. The summed E-state index contributed by atoms with van der Waals surface area (Å²) in [7, 11) is 0. The van der Waals surface area contributed by atoms with Crippen molar-refractivity contribution in [3.05, 3.63) is 34.4 Å². The van der Waals surface area contributed by atoms with Crippen LogP contribution in [0.25, 0.3) is 0 Å². The molecule has 0 saturated heterocycles. The summed E-state index contributed by atoms with van der Waals surface area (Å²) < 4.78 is 0. The van der Waals surface area contributed by atoms with E-state index in [0.29, 0.717) is 0 Å². The number of rotatable bonds is 6. The zero-order valence-corrected chi connectivity index (χ0v) is 11.5. The molecule has 1 heteroatoms. The van der Waals surface area contributed by atoms with Crippen LogP contribution in [0.4, 0.5) is 0 Å². The highest BCUT2D eigenvalue weighted by atomic mass is 14.8. The molecule has 0 aromatic heterocycles. The average Bonchev–Trinajstić information content (AvgIpc) is 3.04. The van der Waals surface area contributed by atoms with E-state index in [1.807, 2.05) is 0 Å². The van der Waals surface area contributed by atoms with Crippen molar-refractivity contribution in [2.75, 3.05) is 6.54 Å². The molecular weight excluding hydrogens is 206 g/mol. The van der Waals surface area contributed by atoms with Crippen molar-refractivity contribution in [1.29, 1.82) is 0 Å². The van der Waals surface area contributed by atoms with Crippen LogP contribution in [0.1, 0.15) is 47.9 Å². The van der Waals surface area contributed by atoms with E-state index in [1.165, 1.54) is 54.5 Å². The van der Waals surface area contributed by atoms with Gasteiger partial charge in [0.2, 0.25) is 0 Å². The first kappa shape index (κ1) is 12.6. The highest BCUT2D eigenvalue weighted by molar-refractivity contribution is 5.37. The lowest BCUT2D eigenvalue weighted by atomic mass is 10.00. The minimum Gasteiger partial charge on any atom is -0.313 e. The van der Waals surface area contributed by atoms with Gasteiger partial charge in [-0.2, -0.15) is 0 Å². The van der Waals surface area contributed by atoms with Crippen LogP contribution in [0.15, 0.2) is 12.1 Å². The lowest BCUT2D eigenvalue weighted by molar-refractivity contribution is 0.592. The van der Waals surface area contributed by atoms with Crippen molar-refractivity contribution in [3.8, 4) is 0 Å². The fourth-order valence-electron chi connectivity index (χ4n) is 2.62. The van der Waals surface area contributed by atoms with Gasteiger partial charge in [-0.3, -0.25) is 0 Å². The van der Waals surface area contributed by atoms with Crippen LogP contribution in [0.2, 0.25) is 0 Å². The summed E-state index contributed by atoms with van der Waals surface area (Å²) in [5.41, 5.74) is 5.72. The fourth-order valence-corrected chi connectivity index (χ4v) is 2.62. The topological polar surface area (TPSA) is 12.0 Å². The number of aryl methyl sites for hydroxylation is 3. The van der Waals surface area contributed by atoms with Gasteiger partial charge in [-0.1, -0.05) is 30.5 Å². The van der Waals surface area contributed by atoms with Gasteiger partial charge in [0.05, 0.1) is 0 Å². The van der Waals surface area contributed by atoms with E-state index in [-0.39, 0.29) is 0 Å². The van der Waals surface area contributed by atoms with E-state index in [4.69, 9.17) is 0 Å². The van der Waals surface area contributed by atoms with Crippen molar-refractivity contribution in [2.45, 2.75) is 53.0 Å². The first-order chi connectivity index (χ1) is 8.16. The van der Waals surface area contributed by atoms with Gasteiger partial charge in [0.15, 0.2) is 0 Å². The predicted octanol–water partition coefficient (Wildman–Crippen LogP) is 3.89. The maximum absolute atomic E-state index is 3.59. The molecule has 0 amide bonds. The van der Waals surface area contributed by atoms with Crippen LogP contribution in [0.3, 0.4) is 0 Å². The van der Waals surface area contributed by atoms with E-state index >= 15 is 0 Å². The monoisotopic (exact) mass is 231 g/mol. The molecule has 17 heavy (non-hydrogen) atoms. The van der Waals surface area contributed by atoms with Gasteiger partial charge in [-0.15, -0.1) is 0 Å². The van der Waals surface area contributed by atoms with Crippen LogP contribution in [0.5, 0.6) is 0 Å². The van der Waals surface area contributed by atoms with Crippen molar-refractivity contribution in [2.24, 2.45) is 5.92 Å². The van der Waals surface area contributed by atoms with E-state index in [1.54, 1.807) is 0 Å².